The number of anilines is 1. The molecule has 3 rings (SSSR count). The largest absolute Gasteiger partial charge is 0.411 e. The van der Waals surface area contributed by atoms with Crippen molar-refractivity contribution >= 4 is 21.9 Å². The number of sulfonamides is 1. The van der Waals surface area contributed by atoms with Gasteiger partial charge < -0.3 is 4.42 Å². The van der Waals surface area contributed by atoms with Gasteiger partial charge in [-0.2, -0.15) is 4.31 Å². The Labute approximate surface area is 139 Å². The van der Waals surface area contributed by atoms with Crippen molar-refractivity contribution < 1.29 is 17.6 Å². The molecule has 1 fully saturated rings. The summed E-state index contributed by atoms with van der Waals surface area (Å²) in [6.45, 7) is 3.19. The summed E-state index contributed by atoms with van der Waals surface area (Å²) in [6, 6.07) is 5.79. The average Bonchev–Trinajstić information content (AvgIpc) is 3.08. The highest BCUT2D eigenvalue weighted by atomic mass is 32.2. The highest BCUT2D eigenvalue weighted by Crippen LogP contribution is 2.23. The van der Waals surface area contributed by atoms with Crippen LogP contribution in [0.3, 0.4) is 0 Å². The topological polar surface area (TPSA) is 105 Å². The molecule has 8 nitrogen and oxygen atoms in total. The van der Waals surface area contributed by atoms with Crippen LogP contribution in [0.15, 0.2) is 40.0 Å². The molecule has 0 spiro atoms. The van der Waals surface area contributed by atoms with Gasteiger partial charge in [0.1, 0.15) is 0 Å². The third-order valence-corrected chi connectivity index (χ3v) is 5.99. The quantitative estimate of drug-likeness (QED) is 0.900. The van der Waals surface area contributed by atoms with Crippen molar-refractivity contribution in [2.24, 2.45) is 5.92 Å². The lowest BCUT2D eigenvalue weighted by Gasteiger charge is -2.29. The summed E-state index contributed by atoms with van der Waals surface area (Å²) >= 11 is 0. The molecule has 1 aromatic carbocycles. The number of benzene rings is 1. The van der Waals surface area contributed by atoms with Gasteiger partial charge in [-0.15, -0.1) is 5.10 Å². The summed E-state index contributed by atoms with van der Waals surface area (Å²) in [7, 11) is -3.52. The molecule has 0 bridgehead atoms. The lowest BCUT2D eigenvalue weighted by molar-refractivity contribution is 0.102. The van der Waals surface area contributed by atoms with Crippen LogP contribution in [-0.4, -0.2) is 41.9 Å². The maximum Gasteiger partial charge on any atom is 0.322 e. The van der Waals surface area contributed by atoms with Crippen LogP contribution in [0.1, 0.15) is 30.1 Å². The summed E-state index contributed by atoms with van der Waals surface area (Å²) in [6.07, 6.45) is 2.83. The zero-order valence-electron chi connectivity index (χ0n) is 13.2. The van der Waals surface area contributed by atoms with Crippen LogP contribution >= 0.6 is 0 Å². The van der Waals surface area contributed by atoms with Crippen LogP contribution in [0.5, 0.6) is 0 Å². The minimum absolute atomic E-state index is 0.0147. The van der Waals surface area contributed by atoms with Gasteiger partial charge >= 0.3 is 6.01 Å². The van der Waals surface area contributed by atoms with E-state index in [0.29, 0.717) is 24.6 Å². The Bertz CT molecular complexity index is 795. The number of hydrogen-bond donors (Lipinski definition) is 1. The van der Waals surface area contributed by atoms with E-state index in [1.165, 1.54) is 28.6 Å². The molecule has 9 heteroatoms. The van der Waals surface area contributed by atoms with Crippen LogP contribution in [0.2, 0.25) is 0 Å². The fraction of sp³-hybridized carbons (Fsp3) is 0.400. The van der Waals surface area contributed by atoms with Gasteiger partial charge in [0.25, 0.3) is 5.91 Å². The first-order valence-electron chi connectivity index (χ1n) is 7.64. The van der Waals surface area contributed by atoms with Gasteiger partial charge in [-0.3, -0.25) is 10.1 Å². The number of aromatic nitrogens is 2. The Kier molecular flexibility index (Phi) is 4.63. The molecule has 0 atom stereocenters. The molecule has 1 aliphatic heterocycles. The van der Waals surface area contributed by atoms with E-state index < -0.39 is 15.9 Å². The number of nitrogens with zero attached hydrogens (tertiary/aromatic N) is 3. The second kappa shape index (κ2) is 6.70. The van der Waals surface area contributed by atoms with Crippen LogP contribution in [0.25, 0.3) is 0 Å². The minimum Gasteiger partial charge on any atom is -0.411 e. The van der Waals surface area contributed by atoms with Crippen LogP contribution < -0.4 is 5.32 Å². The smallest absolute Gasteiger partial charge is 0.322 e. The van der Waals surface area contributed by atoms with Gasteiger partial charge in [0, 0.05) is 18.7 Å². The van der Waals surface area contributed by atoms with Crippen molar-refractivity contribution in [3.05, 3.63) is 36.2 Å². The molecule has 1 N–H and O–H groups in total. The van der Waals surface area contributed by atoms with E-state index in [9.17, 15) is 13.2 Å². The molecule has 1 aromatic heterocycles. The molecular weight excluding hydrogens is 332 g/mol. The summed E-state index contributed by atoms with van der Waals surface area (Å²) < 4.78 is 31.6. The Morgan fingerprint density at radius 3 is 2.50 bits per heavy atom. The molecular formula is C15H18N4O4S. The third kappa shape index (κ3) is 3.46. The number of piperidine rings is 1. The van der Waals surface area contributed by atoms with Crippen molar-refractivity contribution in [3.63, 3.8) is 0 Å². The van der Waals surface area contributed by atoms with Gasteiger partial charge in [-0.05, 0) is 43.0 Å². The van der Waals surface area contributed by atoms with Crippen LogP contribution in [0, 0.1) is 5.92 Å². The molecule has 24 heavy (non-hydrogen) atoms. The summed E-state index contributed by atoms with van der Waals surface area (Å²) in [5.74, 6) is 0.0993. The Balaban J connectivity index is 1.72. The van der Waals surface area contributed by atoms with Crippen LogP contribution in [-0.2, 0) is 10.0 Å². The second-order valence-corrected chi connectivity index (χ2v) is 7.75. The molecule has 0 saturated carbocycles. The van der Waals surface area contributed by atoms with E-state index in [0.717, 1.165) is 19.2 Å². The molecule has 0 radical (unpaired) electrons. The SMILES string of the molecule is CC1CCN(S(=O)(=O)c2ccc(C(=O)Nc3nnco3)cc2)CC1. The highest BCUT2D eigenvalue weighted by molar-refractivity contribution is 7.89. The third-order valence-electron chi connectivity index (χ3n) is 4.08. The van der Waals surface area contributed by atoms with Gasteiger partial charge in [0.15, 0.2) is 0 Å². The normalized spacial score (nSPS) is 16.9. The van der Waals surface area contributed by atoms with Gasteiger partial charge in [-0.1, -0.05) is 12.0 Å². The maximum absolute atomic E-state index is 12.6. The van der Waals surface area contributed by atoms with Crippen molar-refractivity contribution in [3.8, 4) is 0 Å². The van der Waals surface area contributed by atoms with E-state index >= 15 is 0 Å². The predicted molar refractivity (Wildman–Crippen MR) is 85.9 cm³/mol. The molecule has 0 unspecified atom stereocenters. The Morgan fingerprint density at radius 1 is 1.25 bits per heavy atom. The van der Waals surface area contributed by atoms with E-state index in [2.05, 4.69) is 22.4 Å². The fourth-order valence-corrected chi connectivity index (χ4v) is 4.02. The lowest BCUT2D eigenvalue weighted by Crippen LogP contribution is -2.37. The minimum atomic E-state index is -3.52. The van der Waals surface area contributed by atoms with E-state index in [1.807, 2.05) is 0 Å². The summed E-state index contributed by atoms with van der Waals surface area (Å²) in [5, 5.41) is 9.44. The molecule has 1 saturated heterocycles. The average molecular weight is 350 g/mol. The summed E-state index contributed by atoms with van der Waals surface area (Å²) in [5.41, 5.74) is 0.305. The number of carbonyl (C=O) groups excluding carboxylic acids is 1. The van der Waals surface area contributed by atoms with Crippen molar-refractivity contribution in [2.75, 3.05) is 18.4 Å². The summed E-state index contributed by atoms with van der Waals surface area (Å²) in [4.78, 5) is 12.2. The highest BCUT2D eigenvalue weighted by Gasteiger charge is 2.28. The molecule has 128 valence electrons. The Morgan fingerprint density at radius 2 is 1.92 bits per heavy atom. The van der Waals surface area contributed by atoms with E-state index in [4.69, 9.17) is 4.42 Å². The van der Waals surface area contributed by atoms with Gasteiger partial charge in [-0.25, -0.2) is 8.42 Å². The molecule has 2 heterocycles. The van der Waals surface area contributed by atoms with E-state index in [-0.39, 0.29) is 10.9 Å². The first-order valence-corrected chi connectivity index (χ1v) is 9.08. The number of hydrogen-bond acceptors (Lipinski definition) is 6. The first-order chi connectivity index (χ1) is 11.5. The van der Waals surface area contributed by atoms with Crippen molar-refractivity contribution in [1.29, 1.82) is 0 Å². The fourth-order valence-electron chi connectivity index (χ4n) is 2.55. The molecule has 2 aromatic rings. The number of rotatable bonds is 4. The molecule has 1 amide bonds. The predicted octanol–water partition coefficient (Wildman–Crippen LogP) is 1.74. The second-order valence-electron chi connectivity index (χ2n) is 5.81. The van der Waals surface area contributed by atoms with E-state index in [1.54, 1.807) is 0 Å². The number of carbonyl (C=O) groups is 1. The number of amides is 1. The standard InChI is InChI=1S/C15H18N4O4S/c1-11-6-8-19(9-7-11)24(21,22)13-4-2-12(3-5-13)14(20)17-15-18-16-10-23-15/h2-5,10-11H,6-9H2,1H3,(H,17,18,20). The molecule has 0 aliphatic carbocycles. The van der Waals surface area contributed by atoms with Gasteiger partial charge in [0.05, 0.1) is 4.90 Å². The first kappa shape index (κ1) is 16.6. The van der Waals surface area contributed by atoms with Crippen LogP contribution in [0.4, 0.5) is 6.01 Å². The lowest BCUT2D eigenvalue weighted by atomic mass is 10.0. The number of nitrogens with one attached hydrogen (secondary N) is 1. The molecule has 1 aliphatic rings. The Hall–Kier alpha value is -2.26. The monoisotopic (exact) mass is 350 g/mol. The zero-order chi connectivity index (χ0) is 17.2. The van der Waals surface area contributed by atoms with Gasteiger partial charge in [0.2, 0.25) is 16.4 Å². The maximum atomic E-state index is 12.6. The van der Waals surface area contributed by atoms with Crippen molar-refractivity contribution in [2.45, 2.75) is 24.7 Å². The van der Waals surface area contributed by atoms with Crippen molar-refractivity contribution in [1.82, 2.24) is 14.5 Å². The zero-order valence-corrected chi connectivity index (χ0v) is 14.0.